The number of amides is 1. The molecule has 28 heavy (non-hydrogen) atoms. The summed E-state index contributed by atoms with van der Waals surface area (Å²) < 4.78 is 11.6. The number of hydrogen-bond donors (Lipinski definition) is 1. The van der Waals surface area contributed by atoms with Crippen LogP contribution in [0.2, 0.25) is 5.02 Å². The van der Waals surface area contributed by atoms with Crippen LogP contribution in [0.1, 0.15) is 60.4 Å². The Morgan fingerprint density at radius 1 is 1.14 bits per heavy atom. The molecule has 1 heterocycles. The molecule has 0 saturated heterocycles. The van der Waals surface area contributed by atoms with Gasteiger partial charge in [-0.1, -0.05) is 11.6 Å². The molecule has 148 valence electrons. The third kappa shape index (κ3) is 3.43. The summed E-state index contributed by atoms with van der Waals surface area (Å²) in [6, 6.07) is 9.09. The third-order valence-corrected chi connectivity index (χ3v) is 7.04. The van der Waals surface area contributed by atoms with Gasteiger partial charge in [-0.3, -0.25) is 4.79 Å². The molecule has 6 rings (SSSR count). The van der Waals surface area contributed by atoms with Crippen LogP contribution in [0.25, 0.3) is 0 Å². The zero-order chi connectivity index (χ0) is 19.3. The summed E-state index contributed by atoms with van der Waals surface area (Å²) in [6.45, 7) is 2.24. The van der Waals surface area contributed by atoms with Crippen LogP contribution in [0, 0.1) is 24.7 Å². The predicted octanol–water partition coefficient (Wildman–Crippen LogP) is 5.52. The van der Waals surface area contributed by atoms with Crippen molar-refractivity contribution in [2.24, 2.45) is 17.8 Å². The minimum Gasteiger partial charge on any atom is -0.485 e. The molecule has 1 aromatic carbocycles. The van der Waals surface area contributed by atoms with Crippen LogP contribution >= 0.6 is 11.6 Å². The fraction of sp³-hybridized carbons (Fsp3) is 0.522. The van der Waals surface area contributed by atoms with Crippen LogP contribution in [0.15, 0.2) is 34.7 Å². The molecule has 5 heteroatoms. The Hall–Kier alpha value is -1.94. The van der Waals surface area contributed by atoms with Crippen LogP contribution < -0.4 is 10.1 Å². The van der Waals surface area contributed by atoms with E-state index in [-0.39, 0.29) is 18.1 Å². The van der Waals surface area contributed by atoms with Crippen molar-refractivity contribution in [1.29, 1.82) is 0 Å². The normalized spacial score (nSPS) is 30.4. The molecule has 4 aliphatic rings. The van der Waals surface area contributed by atoms with E-state index in [0.29, 0.717) is 16.5 Å². The lowest BCUT2D eigenvalue weighted by Gasteiger charge is -2.56. The van der Waals surface area contributed by atoms with E-state index in [2.05, 4.69) is 5.32 Å². The van der Waals surface area contributed by atoms with Crippen LogP contribution in [0.3, 0.4) is 0 Å². The summed E-state index contributed by atoms with van der Waals surface area (Å²) in [7, 11) is 0. The fourth-order valence-electron chi connectivity index (χ4n) is 6.07. The van der Waals surface area contributed by atoms with Gasteiger partial charge in [0.25, 0.3) is 5.91 Å². The van der Waals surface area contributed by atoms with Gasteiger partial charge in [0.05, 0.1) is 0 Å². The lowest BCUT2D eigenvalue weighted by atomic mass is 9.53. The maximum atomic E-state index is 12.8. The van der Waals surface area contributed by atoms with E-state index >= 15 is 0 Å². The molecule has 0 atom stereocenters. The largest absolute Gasteiger partial charge is 0.485 e. The van der Waals surface area contributed by atoms with Gasteiger partial charge in [0.15, 0.2) is 5.76 Å². The molecule has 0 aliphatic heterocycles. The Morgan fingerprint density at radius 2 is 1.82 bits per heavy atom. The third-order valence-electron chi connectivity index (χ3n) is 6.81. The van der Waals surface area contributed by atoms with E-state index in [1.807, 2.05) is 25.1 Å². The zero-order valence-electron chi connectivity index (χ0n) is 16.2. The van der Waals surface area contributed by atoms with Crippen molar-refractivity contribution in [3.8, 4) is 5.75 Å². The standard InChI is InChI=1S/C23H26ClNO3/c1-14-6-18(24)2-4-20(14)27-13-19-3-5-21(28-19)22(26)25-23-10-15-7-16(11-23)9-17(8-15)12-23/h2-6,15-17H,7-13H2,1H3,(H,25,26). The fourth-order valence-corrected chi connectivity index (χ4v) is 6.29. The highest BCUT2D eigenvalue weighted by atomic mass is 35.5. The second-order valence-electron chi connectivity index (χ2n) is 9.12. The highest BCUT2D eigenvalue weighted by molar-refractivity contribution is 6.30. The van der Waals surface area contributed by atoms with Gasteiger partial charge in [-0.05, 0) is 99.1 Å². The number of ether oxygens (including phenoxy) is 1. The van der Waals surface area contributed by atoms with E-state index in [1.54, 1.807) is 12.1 Å². The Kier molecular flexibility index (Phi) is 4.42. The number of hydrogen-bond acceptors (Lipinski definition) is 3. The Balaban J connectivity index is 1.23. The van der Waals surface area contributed by atoms with E-state index in [9.17, 15) is 4.79 Å². The number of nitrogens with one attached hydrogen (secondary N) is 1. The highest BCUT2D eigenvalue weighted by Gasteiger charge is 2.51. The van der Waals surface area contributed by atoms with Gasteiger partial charge >= 0.3 is 0 Å². The van der Waals surface area contributed by atoms with Crippen molar-refractivity contribution in [3.63, 3.8) is 0 Å². The molecule has 1 amide bonds. The number of carbonyl (C=O) groups is 1. The maximum Gasteiger partial charge on any atom is 0.287 e. The summed E-state index contributed by atoms with van der Waals surface area (Å²) in [4.78, 5) is 12.8. The number of rotatable bonds is 5. The highest BCUT2D eigenvalue weighted by Crippen LogP contribution is 2.55. The number of furan rings is 1. The summed E-state index contributed by atoms with van der Waals surface area (Å²) in [5, 5.41) is 4.04. The Bertz CT molecular complexity index is 868. The van der Waals surface area contributed by atoms with Crippen molar-refractivity contribution >= 4 is 17.5 Å². The van der Waals surface area contributed by atoms with Gasteiger partial charge in [-0.15, -0.1) is 0 Å². The Labute approximate surface area is 170 Å². The quantitative estimate of drug-likeness (QED) is 0.720. The number of halogens is 1. The molecule has 2 aromatic rings. The maximum absolute atomic E-state index is 12.8. The van der Waals surface area contributed by atoms with E-state index < -0.39 is 0 Å². The number of benzene rings is 1. The molecule has 4 bridgehead atoms. The SMILES string of the molecule is Cc1cc(Cl)ccc1OCc1ccc(C(=O)NC23CC4CC(CC(C4)C2)C3)o1. The summed E-state index contributed by atoms with van der Waals surface area (Å²) in [6.07, 6.45) is 7.50. The first-order valence-corrected chi connectivity index (χ1v) is 10.7. The lowest BCUT2D eigenvalue weighted by Crippen LogP contribution is -2.59. The molecular weight excluding hydrogens is 374 g/mol. The predicted molar refractivity (Wildman–Crippen MR) is 108 cm³/mol. The van der Waals surface area contributed by atoms with E-state index in [4.69, 9.17) is 20.8 Å². The van der Waals surface area contributed by atoms with Crippen molar-refractivity contribution in [1.82, 2.24) is 5.32 Å². The average molecular weight is 400 g/mol. The minimum atomic E-state index is -0.0872. The van der Waals surface area contributed by atoms with Crippen molar-refractivity contribution in [2.45, 2.75) is 57.6 Å². The molecule has 0 unspecified atom stereocenters. The van der Waals surface area contributed by atoms with Crippen molar-refractivity contribution in [2.75, 3.05) is 0 Å². The van der Waals surface area contributed by atoms with Gasteiger partial charge in [0, 0.05) is 10.6 Å². The monoisotopic (exact) mass is 399 g/mol. The molecule has 4 saturated carbocycles. The minimum absolute atomic E-state index is 0.00426. The van der Waals surface area contributed by atoms with Crippen LogP contribution in [-0.2, 0) is 6.61 Å². The first-order valence-electron chi connectivity index (χ1n) is 10.3. The van der Waals surface area contributed by atoms with Crippen LogP contribution in [0.5, 0.6) is 5.75 Å². The number of carbonyl (C=O) groups excluding carboxylic acids is 1. The molecule has 0 spiro atoms. The second-order valence-corrected chi connectivity index (χ2v) is 9.55. The molecule has 4 nitrogen and oxygen atoms in total. The molecular formula is C23H26ClNO3. The Morgan fingerprint density at radius 3 is 2.46 bits per heavy atom. The number of aryl methyl sites for hydroxylation is 1. The van der Waals surface area contributed by atoms with Gasteiger partial charge in [-0.2, -0.15) is 0 Å². The van der Waals surface area contributed by atoms with Crippen molar-refractivity contribution in [3.05, 3.63) is 52.4 Å². The molecule has 1 aromatic heterocycles. The van der Waals surface area contributed by atoms with Crippen LogP contribution in [0.4, 0.5) is 0 Å². The van der Waals surface area contributed by atoms with E-state index in [0.717, 1.165) is 48.3 Å². The topological polar surface area (TPSA) is 51.5 Å². The summed E-state index contributed by atoms with van der Waals surface area (Å²) in [5.41, 5.74) is 0.967. The lowest BCUT2D eigenvalue weighted by molar-refractivity contribution is -0.0171. The molecule has 1 N–H and O–H groups in total. The first kappa shape index (κ1) is 18.1. The van der Waals surface area contributed by atoms with Crippen LogP contribution in [-0.4, -0.2) is 11.4 Å². The second kappa shape index (κ2) is 6.84. The van der Waals surface area contributed by atoms with Gasteiger partial charge in [0.1, 0.15) is 18.1 Å². The molecule has 0 radical (unpaired) electrons. The van der Waals surface area contributed by atoms with Gasteiger partial charge < -0.3 is 14.5 Å². The molecule has 4 aliphatic carbocycles. The van der Waals surface area contributed by atoms with Gasteiger partial charge in [-0.25, -0.2) is 0 Å². The summed E-state index contributed by atoms with van der Waals surface area (Å²) >= 11 is 5.98. The first-order chi connectivity index (χ1) is 13.5. The van der Waals surface area contributed by atoms with Crippen molar-refractivity contribution < 1.29 is 13.9 Å². The average Bonchev–Trinajstić information content (AvgIpc) is 3.08. The summed E-state index contributed by atoms with van der Waals surface area (Å²) in [5.74, 6) is 4.10. The van der Waals surface area contributed by atoms with Gasteiger partial charge in [0.2, 0.25) is 0 Å². The molecule has 4 fully saturated rings. The zero-order valence-corrected chi connectivity index (χ0v) is 16.9. The van der Waals surface area contributed by atoms with E-state index in [1.165, 1.54) is 19.3 Å². The smallest absolute Gasteiger partial charge is 0.287 e.